The second-order valence-electron chi connectivity index (χ2n) is 4.50. The Labute approximate surface area is 88.5 Å². The van der Waals surface area contributed by atoms with Gasteiger partial charge in [0.15, 0.2) is 0 Å². The first-order chi connectivity index (χ1) is 6.67. The highest BCUT2D eigenvalue weighted by molar-refractivity contribution is 4.80. The predicted octanol–water partition coefficient (Wildman–Crippen LogP) is 0.620. The van der Waals surface area contributed by atoms with Crippen molar-refractivity contribution in [2.45, 2.75) is 32.4 Å². The molecule has 1 fully saturated rings. The standard InChI is InChI=1S/C11H25N3/c1-5-11(12-3)9-14-7-6-13(4)8-10(14)2/h10-12H,5-9H2,1-4H3. The summed E-state index contributed by atoms with van der Waals surface area (Å²) in [7, 11) is 4.28. The summed E-state index contributed by atoms with van der Waals surface area (Å²) in [5.74, 6) is 0. The van der Waals surface area contributed by atoms with E-state index >= 15 is 0 Å². The van der Waals surface area contributed by atoms with Crippen LogP contribution in [-0.4, -0.2) is 62.2 Å². The minimum atomic E-state index is 0.654. The third-order valence-electron chi connectivity index (χ3n) is 3.32. The van der Waals surface area contributed by atoms with Crippen molar-refractivity contribution in [3.63, 3.8) is 0 Å². The van der Waals surface area contributed by atoms with Gasteiger partial charge in [0, 0.05) is 38.3 Å². The van der Waals surface area contributed by atoms with Gasteiger partial charge in [-0.3, -0.25) is 4.90 Å². The van der Waals surface area contributed by atoms with Crippen LogP contribution in [0.3, 0.4) is 0 Å². The van der Waals surface area contributed by atoms with Gasteiger partial charge in [0.05, 0.1) is 0 Å². The lowest BCUT2D eigenvalue weighted by molar-refractivity contribution is 0.0908. The summed E-state index contributed by atoms with van der Waals surface area (Å²) in [4.78, 5) is 5.02. The molecule has 14 heavy (non-hydrogen) atoms. The van der Waals surface area contributed by atoms with Crippen LogP contribution >= 0.6 is 0 Å². The van der Waals surface area contributed by atoms with E-state index < -0.39 is 0 Å². The average Bonchev–Trinajstić information content (AvgIpc) is 2.17. The molecule has 1 aliphatic heterocycles. The van der Waals surface area contributed by atoms with Crippen LogP contribution in [0, 0.1) is 0 Å². The van der Waals surface area contributed by atoms with Crippen molar-refractivity contribution in [1.82, 2.24) is 15.1 Å². The maximum Gasteiger partial charge on any atom is 0.0195 e. The van der Waals surface area contributed by atoms with Gasteiger partial charge in [-0.15, -0.1) is 0 Å². The molecular formula is C11H25N3. The van der Waals surface area contributed by atoms with Crippen LogP contribution in [0.4, 0.5) is 0 Å². The number of hydrogen-bond donors (Lipinski definition) is 1. The third-order valence-corrected chi connectivity index (χ3v) is 3.32. The van der Waals surface area contributed by atoms with Crippen LogP contribution in [0.2, 0.25) is 0 Å². The van der Waals surface area contributed by atoms with Gasteiger partial charge in [0.25, 0.3) is 0 Å². The second-order valence-corrected chi connectivity index (χ2v) is 4.50. The highest BCUT2D eigenvalue weighted by Gasteiger charge is 2.22. The molecule has 1 aliphatic rings. The van der Waals surface area contributed by atoms with Crippen LogP contribution in [0.5, 0.6) is 0 Å². The van der Waals surface area contributed by atoms with Crippen LogP contribution in [0.25, 0.3) is 0 Å². The molecule has 1 rings (SSSR count). The zero-order chi connectivity index (χ0) is 10.6. The van der Waals surface area contributed by atoms with Crippen molar-refractivity contribution in [2.75, 3.05) is 40.3 Å². The molecular weight excluding hydrogens is 174 g/mol. The zero-order valence-corrected chi connectivity index (χ0v) is 10.1. The molecule has 0 bridgehead atoms. The van der Waals surface area contributed by atoms with Gasteiger partial charge < -0.3 is 10.2 Å². The Bertz CT molecular complexity index is 157. The Balaban J connectivity index is 2.36. The molecule has 0 spiro atoms. The highest BCUT2D eigenvalue weighted by atomic mass is 15.3. The van der Waals surface area contributed by atoms with Gasteiger partial charge in [-0.25, -0.2) is 0 Å². The zero-order valence-electron chi connectivity index (χ0n) is 10.1. The first-order valence-corrected chi connectivity index (χ1v) is 5.77. The fraction of sp³-hybridized carbons (Fsp3) is 1.00. The van der Waals surface area contributed by atoms with Gasteiger partial charge in [-0.1, -0.05) is 6.92 Å². The van der Waals surface area contributed by atoms with Gasteiger partial charge >= 0.3 is 0 Å². The first-order valence-electron chi connectivity index (χ1n) is 5.77. The lowest BCUT2D eigenvalue weighted by Crippen LogP contribution is -2.53. The van der Waals surface area contributed by atoms with Crippen LogP contribution in [0.1, 0.15) is 20.3 Å². The minimum absolute atomic E-state index is 0.654. The molecule has 0 radical (unpaired) electrons. The molecule has 3 nitrogen and oxygen atoms in total. The summed E-state index contributed by atoms with van der Waals surface area (Å²) in [6.07, 6.45) is 1.22. The molecule has 2 unspecified atom stereocenters. The number of hydrogen-bond acceptors (Lipinski definition) is 3. The summed E-state index contributed by atoms with van der Waals surface area (Å²) < 4.78 is 0. The summed E-state index contributed by atoms with van der Waals surface area (Å²) in [5.41, 5.74) is 0. The normalized spacial score (nSPS) is 27.9. The van der Waals surface area contributed by atoms with Crippen LogP contribution in [0.15, 0.2) is 0 Å². The van der Waals surface area contributed by atoms with Crippen molar-refractivity contribution in [2.24, 2.45) is 0 Å². The molecule has 0 aliphatic carbocycles. The maximum absolute atomic E-state index is 3.38. The fourth-order valence-corrected chi connectivity index (χ4v) is 2.16. The molecule has 1 N–H and O–H groups in total. The van der Waals surface area contributed by atoms with Gasteiger partial charge in [0.2, 0.25) is 0 Å². The van der Waals surface area contributed by atoms with Crippen LogP contribution in [-0.2, 0) is 0 Å². The molecule has 0 aromatic heterocycles. The van der Waals surface area contributed by atoms with Gasteiger partial charge in [-0.05, 0) is 27.4 Å². The lowest BCUT2D eigenvalue weighted by Gasteiger charge is -2.39. The molecule has 84 valence electrons. The summed E-state index contributed by atoms with van der Waals surface area (Å²) >= 11 is 0. The summed E-state index contributed by atoms with van der Waals surface area (Å²) in [5, 5.41) is 3.38. The van der Waals surface area contributed by atoms with E-state index in [1.807, 2.05) is 0 Å². The Kier molecular flexibility index (Phi) is 4.85. The van der Waals surface area contributed by atoms with E-state index in [0.717, 1.165) is 0 Å². The van der Waals surface area contributed by atoms with Crippen molar-refractivity contribution >= 4 is 0 Å². The predicted molar refractivity (Wildman–Crippen MR) is 61.7 cm³/mol. The monoisotopic (exact) mass is 199 g/mol. The smallest absolute Gasteiger partial charge is 0.0195 e. The van der Waals surface area contributed by atoms with E-state index in [4.69, 9.17) is 0 Å². The number of likely N-dealkylation sites (N-methyl/N-ethyl adjacent to an activating group) is 2. The number of nitrogens with one attached hydrogen (secondary N) is 1. The third kappa shape index (κ3) is 3.23. The Morgan fingerprint density at radius 3 is 2.64 bits per heavy atom. The van der Waals surface area contributed by atoms with Crippen molar-refractivity contribution < 1.29 is 0 Å². The Hall–Kier alpha value is -0.120. The van der Waals surface area contributed by atoms with E-state index in [2.05, 4.69) is 43.1 Å². The van der Waals surface area contributed by atoms with Gasteiger partial charge in [0.1, 0.15) is 0 Å². The average molecular weight is 199 g/mol. The largest absolute Gasteiger partial charge is 0.316 e. The molecule has 2 atom stereocenters. The number of piperazine rings is 1. The van der Waals surface area contributed by atoms with E-state index in [-0.39, 0.29) is 0 Å². The summed E-state index contributed by atoms with van der Waals surface area (Å²) in [6, 6.07) is 1.36. The Morgan fingerprint density at radius 2 is 2.14 bits per heavy atom. The maximum atomic E-state index is 3.38. The minimum Gasteiger partial charge on any atom is -0.316 e. The second kappa shape index (κ2) is 5.69. The number of rotatable bonds is 4. The van der Waals surface area contributed by atoms with Crippen molar-refractivity contribution in [1.29, 1.82) is 0 Å². The number of nitrogens with zero attached hydrogens (tertiary/aromatic N) is 2. The van der Waals surface area contributed by atoms with Crippen molar-refractivity contribution in [3.8, 4) is 0 Å². The first kappa shape index (κ1) is 12.0. The molecule has 0 aromatic rings. The molecule has 0 amide bonds. The molecule has 0 aromatic carbocycles. The van der Waals surface area contributed by atoms with Crippen molar-refractivity contribution in [3.05, 3.63) is 0 Å². The molecule has 0 saturated carbocycles. The van der Waals surface area contributed by atoms with E-state index in [1.165, 1.54) is 32.6 Å². The Morgan fingerprint density at radius 1 is 1.43 bits per heavy atom. The molecule has 1 saturated heterocycles. The lowest BCUT2D eigenvalue weighted by atomic mass is 10.1. The van der Waals surface area contributed by atoms with E-state index in [1.54, 1.807) is 0 Å². The molecule has 3 heteroatoms. The topological polar surface area (TPSA) is 18.5 Å². The fourth-order valence-electron chi connectivity index (χ4n) is 2.16. The van der Waals surface area contributed by atoms with Gasteiger partial charge in [-0.2, -0.15) is 0 Å². The van der Waals surface area contributed by atoms with E-state index in [9.17, 15) is 0 Å². The van der Waals surface area contributed by atoms with Crippen LogP contribution < -0.4 is 5.32 Å². The highest BCUT2D eigenvalue weighted by Crippen LogP contribution is 2.09. The molecule has 1 heterocycles. The SMILES string of the molecule is CCC(CN1CCN(C)CC1C)NC. The van der Waals surface area contributed by atoms with E-state index in [0.29, 0.717) is 12.1 Å². The summed E-state index contributed by atoms with van der Waals surface area (Å²) in [6.45, 7) is 9.42. The quantitative estimate of drug-likeness (QED) is 0.716.